The second kappa shape index (κ2) is 7.14. The van der Waals surface area contributed by atoms with E-state index in [1.807, 2.05) is 37.3 Å². The molecule has 21 heavy (non-hydrogen) atoms. The van der Waals surface area contributed by atoms with Gasteiger partial charge in [-0.3, -0.25) is 15.6 Å². The van der Waals surface area contributed by atoms with Gasteiger partial charge in [-0.1, -0.05) is 36.9 Å². The van der Waals surface area contributed by atoms with Crippen LogP contribution in [0.3, 0.4) is 0 Å². The number of hydrogen-bond donors (Lipinski definition) is 2. The molecule has 0 aliphatic rings. The molecule has 2 aromatic carbocycles. The Bertz CT molecular complexity index is 606. The van der Waals surface area contributed by atoms with Crippen molar-refractivity contribution in [2.24, 2.45) is 0 Å². The highest BCUT2D eigenvalue weighted by molar-refractivity contribution is 5.94. The molecule has 0 unspecified atom stereocenters. The third kappa shape index (κ3) is 4.11. The van der Waals surface area contributed by atoms with E-state index in [0.29, 0.717) is 17.9 Å². The number of nitrogens with one attached hydrogen (secondary N) is 2. The van der Waals surface area contributed by atoms with Crippen molar-refractivity contribution in [1.82, 2.24) is 10.9 Å². The summed E-state index contributed by atoms with van der Waals surface area (Å²) in [4.78, 5) is 12.0. The molecular formula is C17H18N2O2. The summed E-state index contributed by atoms with van der Waals surface area (Å²) in [5.41, 5.74) is 7.53. The van der Waals surface area contributed by atoms with E-state index in [1.165, 1.54) is 0 Å². The van der Waals surface area contributed by atoms with Crippen LogP contribution in [-0.2, 0) is 0 Å². The first-order chi connectivity index (χ1) is 10.2. The molecule has 0 saturated heterocycles. The highest BCUT2D eigenvalue weighted by atomic mass is 16.5. The molecule has 0 radical (unpaired) electrons. The van der Waals surface area contributed by atoms with Gasteiger partial charge in [-0.2, -0.15) is 0 Å². The molecule has 0 atom stereocenters. The maximum absolute atomic E-state index is 12.0. The van der Waals surface area contributed by atoms with Crippen molar-refractivity contribution in [2.45, 2.75) is 6.92 Å². The lowest BCUT2D eigenvalue weighted by Crippen LogP contribution is -2.35. The SMILES string of the molecule is C=C(NNC(=O)c1ccc(OCC)cc1)c1ccccc1. The second-order valence-electron chi connectivity index (χ2n) is 4.38. The third-order valence-corrected chi connectivity index (χ3v) is 2.88. The largest absolute Gasteiger partial charge is 0.494 e. The van der Waals surface area contributed by atoms with Crippen LogP contribution >= 0.6 is 0 Å². The summed E-state index contributed by atoms with van der Waals surface area (Å²) >= 11 is 0. The van der Waals surface area contributed by atoms with Crippen LogP contribution in [0.5, 0.6) is 5.75 Å². The number of carbonyl (C=O) groups is 1. The average Bonchev–Trinajstić information content (AvgIpc) is 2.54. The Balaban J connectivity index is 1.91. The molecule has 0 aromatic heterocycles. The van der Waals surface area contributed by atoms with Crippen molar-refractivity contribution in [3.8, 4) is 5.75 Å². The highest BCUT2D eigenvalue weighted by Crippen LogP contribution is 2.12. The maximum Gasteiger partial charge on any atom is 0.269 e. The summed E-state index contributed by atoms with van der Waals surface area (Å²) in [5.74, 6) is 0.519. The number of carbonyl (C=O) groups excluding carboxylic acids is 1. The molecule has 0 bridgehead atoms. The molecule has 2 rings (SSSR count). The van der Waals surface area contributed by atoms with Gasteiger partial charge in [0.2, 0.25) is 0 Å². The van der Waals surface area contributed by atoms with Crippen molar-refractivity contribution >= 4 is 11.6 Å². The van der Waals surface area contributed by atoms with E-state index >= 15 is 0 Å². The van der Waals surface area contributed by atoms with Crippen molar-refractivity contribution in [3.05, 3.63) is 72.3 Å². The number of ether oxygens (including phenoxy) is 1. The Kier molecular flexibility index (Phi) is 4.99. The standard InChI is InChI=1S/C17H18N2O2/c1-3-21-16-11-9-15(10-12-16)17(20)19-18-13(2)14-7-5-4-6-8-14/h4-12,18H,2-3H2,1H3,(H,19,20). The molecule has 0 aliphatic carbocycles. The second-order valence-corrected chi connectivity index (χ2v) is 4.38. The van der Waals surface area contributed by atoms with Gasteiger partial charge in [0, 0.05) is 5.56 Å². The zero-order valence-electron chi connectivity index (χ0n) is 11.9. The fourth-order valence-electron chi connectivity index (χ4n) is 1.79. The number of benzene rings is 2. The summed E-state index contributed by atoms with van der Waals surface area (Å²) in [6, 6.07) is 16.6. The van der Waals surface area contributed by atoms with Gasteiger partial charge in [0.25, 0.3) is 5.91 Å². The summed E-state index contributed by atoms with van der Waals surface area (Å²) in [6.45, 7) is 6.40. The molecule has 1 amide bonds. The van der Waals surface area contributed by atoms with E-state index in [1.54, 1.807) is 24.3 Å². The quantitative estimate of drug-likeness (QED) is 0.801. The average molecular weight is 282 g/mol. The Morgan fingerprint density at radius 1 is 1.00 bits per heavy atom. The van der Waals surface area contributed by atoms with E-state index in [4.69, 9.17) is 4.74 Å². The van der Waals surface area contributed by atoms with Gasteiger partial charge in [0.15, 0.2) is 0 Å². The fraction of sp³-hybridized carbons (Fsp3) is 0.118. The molecular weight excluding hydrogens is 264 g/mol. The normalized spacial score (nSPS) is 9.76. The van der Waals surface area contributed by atoms with Crippen LogP contribution in [0.25, 0.3) is 5.70 Å². The van der Waals surface area contributed by atoms with Gasteiger partial charge in [-0.25, -0.2) is 0 Å². The maximum atomic E-state index is 12.0. The van der Waals surface area contributed by atoms with Gasteiger partial charge in [-0.05, 0) is 36.8 Å². The summed E-state index contributed by atoms with van der Waals surface area (Å²) < 4.78 is 5.34. The predicted molar refractivity (Wildman–Crippen MR) is 83.7 cm³/mol. The first kappa shape index (κ1) is 14.7. The molecule has 0 saturated carbocycles. The summed E-state index contributed by atoms with van der Waals surface area (Å²) in [7, 11) is 0. The van der Waals surface area contributed by atoms with Gasteiger partial charge in [0.1, 0.15) is 5.75 Å². The molecule has 0 fully saturated rings. The monoisotopic (exact) mass is 282 g/mol. The van der Waals surface area contributed by atoms with Crippen LogP contribution in [0, 0.1) is 0 Å². The van der Waals surface area contributed by atoms with Gasteiger partial charge >= 0.3 is 0 Å². The van der Waals surface area contributed by atoms with Crippen LogP contribution in [0.1, 0.15) is 22.8 Å². The van der Waals surface area contributed by atoms with E-state index in [2.05, 4.69) is 17.4 Å². The molecule has 0 heterocycles. The Labute approximate surface area is 124 Å². The van der Waals surface area contributed by atoms with Crippen LogP contribution in [0.4, 0.5) is 0 Å². The Hall–Kier alpha value is -2.75. The van der Waals surface area contributed by atoms with E-state index in [-0.39, 0.29) is 5.91 Å². The first-order valence-corrected chi connectivity index (χ1v) is 6.74. The van der Waals surface area contributed by atoms with Crippen molar-refractivity contribution < 1.29 is 9.53 Å². The highest BCUT2D eigenvalue weighted by Gasteiger charge is 2.06. The summed E-state index contributed by atoms with van der Waals surface area (Å²) in [6.07, 6.45) is 0. The fourth-order valence-corrected chi connectivity index (χ4v) is 1.79. The minimum absolute atomic E-state index is 0.227. The zero-order chi connectivity index (χ0) is 15.1. The van der Waals surface area contributed by atoms with Crippen molar-refractivity contribution in [2.75, 3.05) is 6.61 Å². The number of hydrogen-bond acceptors (Lipinski definition) is 3. The minimum Gasteiger partial charge on any atom is -0.494 e. The zero-order valence-corrected chi connectivity index (χ0v) is 11.9. The molecule has 0 spiro atoms. The molecule has 108 valence electrons. The first-order valence-electron chi connectivity index (χ1n) is 6.74. The molecule has 4 nitrogen and oxygen atoms in total. The van der Waals surface area contributed by atoms with Crippen LogP contribution in [0.15, 0.2) is 61.2 Å². The lowest BCUT2D eigenvalue weighted by atomic mass is 10.2. The molecule has 0 aliphatic heterocycles. The van der Waals surface area contributed by atoms with E-state index in [9.17, 15) is 4.79 Å². The van der Waals surface area contributed by atoms with Crippen LogP contribution in [0.2, 0.25) is 0 Å². The third-order valence-electron chi connectivity index (χ3n) is 2.88. The number of amides is 1. The Morgan fingerprint density at radius 3 is 2.29 bits per heavy atom. The molecule has 2 aromatic rings. The molecule has 2 N–H and O–H groups in total. The number of rotatable bonds is 6. The van der Waals surface area contributed by atoms with Gasteiger partial charge in [-0.15, -0.1) is 0 Å². The molecule has 4 heteroatoms. The minimum atomic E-state index is -0.227. The number of hydrazine groups is 1. The summed E-state index contributed by atoms with van der Waals surface area (Å²) in [5, 5.41) is 0. The van der Waals surface area contributed by atoms with Crippen molar-refractivity contribution in [1.29, 1.82) is 0 Å². The lowest BCUT2D eigenvalue weighted by Gasteiger charge is -2.11. The Morgan fingerprint density at radius 2 is 1.67 bits per heavy atom. The topological polar surface area (TPSA) is 50.4 Å². The van der Waals surface area contributed by atoms with Crippen LogP contribution < -0.4 is 15.6 Å². The lowest BCUT2D eigenvalue weighted by molar-refractivity contribution is 0.0942. The predicted octanol–water partition coefficient (Wildman–Crippen LogP) is 2.99. The smallest absolute Gasteiger partial charge is 0.269 e. The van der Waals surface area contributed by atoms with E-state index < -0.39 is 0 Å². The van der Waals surface area contributed by atoms with E-state index in [0.717, 1.165) is 11.3 Å². The van der Waals surface area contributed by atoms with Gasteiger partial charge in [0.05, 0.1) is 12.3 Å². The van der Waals surface area contributed by atoms with Crippen molar-refractivity contribution in [3.63, 3.8) is 0 Å². The van der Waals surface area contributed by atoms with Crippen LogP contribution in [-0.4, -0.2) is 12.5 Å². The van der Waals surface area contributed by atoms with Gasteiger partial charge < -0.3 is 4.74 Å².